The molecule has 0 aliphatic carbocycles. The number of pyridine rings is 1. The highest BCUT2D eigenvalue weighted by Crippen LogP contribution is 2.28. The van der Waals surface area contributed by atoms with Gasteiger partial charge in [0, 0.05) is 22.8 Å². The number of halogens is 2. The van der Waals surface area contributed by atoms with Crippen molar-refractivity contribution < 1.29 is 4.39 Å². The smallest absolute Gasteiger partial charge is 0.139 e. The van der Waals surface area contributed by atoms with Gasteiger partial charge in [0.05, 0.1) is 9.99 Å². The van der Waals surface area contributed by atoms with Gasteiger partial charge < -0.3 is 5.73 Å². The Labute approximate surface area is 102 Å². The van der Waals surface area contributed by atoms with Crippen molar-refractivity contribution in [3.05, 3.63) is 34.2 Å². The van der Waals surface area contributed by atoms with Crippen molar-refractivity contribution in [2.24, 2.45) is 0 Å². The third-order valence-electron chi connectivity index (χ3n) is 2.49. The first-order valence-corrected chi connectivity index (χ1v) is 5.83. The summed E-state index contributed by atoms with van der Waals surface area (Å²) in [7, 11) is 0. The predicted molar refractivity (Wildman–Crippen MR) is 67.9 cm³/mol. The van der Waals surface area contributed by atoms with Gasteiger partial charge in [0.1, 0.15) is 5.82 Å². The Morgan fingerprint density at radius 1 is 1.31 bits per heavy atom. The molecule has 0 saturated carbocycles. The number of nitrogen functional groups attached to an aromatic ring is 1. The molecule has 84 valence electrons. The molecule has 1 heterocycles. The molecule has 0 spiro atoms. The van der Waals surface area contributed by atoms with Crippen LogP contribution in [0.5, 0.6) is 0 Å². The molecule has 0 aliphatic rings. The van der Waals surface area contributed by atoms with Crippen LogP contribution in [-0.4, -0.2) is 4.98 Å². The predicted octanol–water partition coefficient (Wildman–Crippen LogP) is 3.84. The number of hydrogen-bond donors (Lipinski definition) is 1. The van der Waals surface area contributed by atoms with Crippen molar-refractivity contribution in [2.45, 2.75) is 19.8 Å². The maximum Gasteiger partial charge on any atom is 0.139 e. The fourth-order valence-corrected chi connectivity index (χ4v) is 1.91. The van der Waals surface area contributed by atoms with Gasteiger partial charge in [-0.3, -0.25) is 4.98 Å². The first-order chi connectivity index (χ1) is 7.49. The van der Waals surface area contributed by atoms with Crippen LogP contribution in [0.25, 0.3) is 10.9 Å². The Balaban J connectivity index is 2.77. The molecule has 1 aromatic heterocycles. The second-order valence-electron chi connectivity index (χ2n) is 4.07. The van der Waals surface area contributed by atoms with Gasteiger partial charge in [-0.2, -0.15) is 0 Å². The van der Waals surface area contributed by atoms with Crippen molar-refractivity contribution in [1.82, 2.24) is 4.98 Å². The van der Waals surface area contributed by atoms with Crippen molar-refractivity contribution in [3.8, 4) is 0 Å². The van der Waals surface area contributed by atoms with E-state index in [9.17, 15) is 4.39 Å². The number of aromatic nitrogens is 1. The Kier molecular flexibility index (Phi) is 2.84. The monoisotopic (exact) mass is 282 g/mol. The third-order valence-corrected chi connectivity index (χ3v) is 3.10. The Morgan fingerprint density at radius 3 is 2.62 bits per heavy atom. The standard InChI is InChI=1S/C12H12BrFN2/c1-6(2)11-5-10(15)7-3-8(13)9(14)4-12(7)16-11/h3-6H,1-2H3,(H2,15,16). The number of nitrogens with two attached hydrogens (primary N) is 1. The lowest BCUT2D eigenvalue weighted by molar-refractivity contribution is 0.622. The van der Waals surface area contributed by atoms with E-state index in [1.807, 2.05) is 19.9 Å². The number of anilines is 1. The van der Waals surface area contributed by atoms with Crippen molar-refractivity contribution in [3.63, 3.8) is 0 Å². The molecule has 2 nitrogen and oxygen atoms in total. The average molecular weight is 283 g/mol. The van der Waals surface area contributed by atoms with E-state index in [1.54, 1.807) is 6.07 Å². The quantitative estimate of drug-likeness (QED) is 0.863. The number of benzene rings is 1. The minimum Gasteiger partial charge on any atom is -0.398 e. The Hall–Kier alpha value is -1.16. The minimum atomic E-state index is -0.319. The van der Waals surface area contributed by atoms with Crippen LogP contribution >= 0.6 is 15.9 Å². The second kappa shape index (κ2) is 4.01. The van der Waals surface area contributed by atoms with Crippen LogP contribution in [0, 0.1) is 5.82 Å². The van der Waals surface area contributed by atoms with Gasteiger partial charge in [0.25, 0.3) is 0 Å². The summed E-state index contributed by atoms with van der Waals surface area (Å²) in [5, 5.41) is 0.776. The van der Waals surface area contributed by atoms with E-state index in [1.165, 1.54) is 6.07 Å². The lowest BCUT2D eigenvalue weighted by Gasteiger charge is -2.09. The topological polar surface area (TPSA) is 38.9 Å². The zero-order valence-electron chi connectivity index (χ0n) is 9.09. The molecule has 0 fully saturated rings. The molecule has 0 unspecified atom stereocenters. The summed E-state index contributed by atoms with van der Waals surface area (Å²) in [6, 6.07) is 4.91. The van der Waals surface area contributed by atoms with Gasteiger partial charge in [0.2, 0.25) is 0 Å². The van der Waals surface area contributed by atoms with E-state index in [0.717, 1.165) is 11.1 Å². The first kappa shape index (κ1) is 11.3. The van der Waals surface area contributed by atoms with Crippen LogP contribution < -0.4 is 5.73 Å². The van der Waals surface area contributed by atoms with Crippen molar-refractivity contribution in [2.75, 3.05) is 5.73 Å². The summed E-state index contributed by atoms with van der Waals surface area (Å²) in [6.07, 6.45) is 0. The van der Waals surface area contributed by atoms with Crippen LogP contribution in [-0.2, 0) is 0 Å². The van der Waals surface area contributed by atoms with E-state index in [-0.39, 0.29) is 11.7 Å². The zero-order chi connectivity index (χ0) is 11.9. The van der Waals surface area contributed by atoms with Gasteiger partial charge in [0.15, 0.2) is 0 Å². The Morgan fingerprint density at radius 2 is 2.00 bits per heavy atom. The van der Waals surface area contributed by atoms with Crippen LogP contribution in [0.3, 0.4) is 0 Å². The summed E-state index contributed by atoms with van der Waals surface area (Å²) in [4.78, 5) is 4.40. The van der Waals surface area contributed by atoms with Gasteiger partial charge in [-0.25, -0.2) is 4.39 Å². The summed E-state index contributed by atoms with van der Waals surface area (Å²) < 4.78 is 13.8. The van der Waals surface area contributed by atoms with Gasteiger partial charge in [-0.1, -0.05) is 13.8 Å². The maximum atomic E-state index is 13.4. The lowest BCUT2D eigenvalue weighted by Crippen LogP contribution is -1.98. The molecule has 0 atom stereocenters. The fourth-order valence-electron chi connectivity index (χ4n) is 1.56. The summed E-state index contributed by atoms with van der Waals surface area (Å²) in [5.74, 6) is -0.0429. The molecule has 0 radical (unpaired) electrons. The zero-order valence-corrected chi connectivity index (χ0v) is 10.7. The largest absolute Gasteiger partial charge is 0.398 e. The van der Waals surface area contributed by atoms with E-state index < -0.39 is 0 Å². The van der Waals surface area contributed by atoms with Crippen molar-refractivity contribution in [1.29, 1.82) is 0 Å². The third kappa shape index (κ3) is 1.89. The molecule has 2 rings (SSSR count). The molecule has 0 amide bonds. The number of nitrogens with zero attached hydrogens (tertiary/aromatic N) is 1. The fraction of sp³-hybridized carbons (Fsp3) is 0.250. The normalized spacial score (nSPS) is 11.3. The average Bonchev–Trinajstić information content (AvgIpc) is 2.20. The highest BCUT2D eigenvalue weighted by molar-refractivity contribution is 9.10. The van der Waals surface area contributed by atoms with E-state index >= 15 is 0 Å². The molecule has 0 saturated heterocycles. The van der Waals surface area contributed by atoms with Crippen LogP contribution in [0.1, 0.15) is 25.5 Å². The molecule has 2 N–H and O–H groups in total. The summed E-state index contributed by atoms with van der Waals surface area (Å²) >= 11 is 3.14. The molecular weight excluding hydrogens is 271 g/mol. The van der Waals surface area contributed by atoms with Crippen molar-refractivity contribution >= 4 is 32.5 Å². The molecule has 1 aromatic carbocycles. The number of fused-ring (bicyclic) bond motifs is 1. The number of hydrogen-bond acceptors (Lipinski definition) is 2. The number of rotatable bonds is 1. The molecule has 2 aromatic rings. The molecule has 16 heavy (non-hydrogen) atoms. The summed E-state index contributed by atoms with van der Waals surface area (Å²) in [5.41, 5.74) is 8.05. The van der Waals surface area contributed by atoms with E-state index in [0.29, 0.717) is 15.7 Å². The second-order valence-corrected chi connectivity index (χ2v) is 4.93. The molecule has 0 aliphatic heterocycles. The van der Waals surface area contributed by atoms with Gasteiger partial charge in [-0.05, 0) is 34.0 Å². The SMILES string of the molecule is CC(C)c1cc(N)c2cc(Br)c(F)cc2n1. The molecular formula is C12H12BrFN2. The highest BCUT2D eigenvalue weighted by Gasteiger charge is 2.09. The molecule has 4 heteroatoms. The van der Waals surface area contributed by atoms with E-state index in [2.05, 4.69) is 20.9 Å². The minimum absolute atomic E-state index is 0.276. The highest BCUT2D eigenvalue weighted by atomic mass is 79.9. The van der Waals surface area contributed by atoms with Gasteiger partial charge >= 0.3 is 0 Å². The van der Waals surface area contributed by atoms with E-state index in [4.69, 9.17) is 5.73 Å². The van der Waals surface area contributed by atoms with Gasteiger partial charge in [-0.15, -0.1) is 0 Å². The lowest BCUT2D eigenvalue weighted by atomic mass is 10.1. The van der Waals surface area contributed by atoms with Crippen LogP contribution in [0.15, 0.2) is 22.7 Å². The first-order valence-electron chi connectivity index (χ1n) is 5.04. The Bertz CT molecular complexity index is 552. The maximum absolute atomic E-state index is 13.4. The van der Waals surface area contributed by atoms with Crippen LogP contribution in [0.2, 0.25) is 0 Å². The van der Waals surface area contributed by atoms with Crippen LogP contribution in [0.4, 0.5) is 10.1 Å². The summed E-state index contributed by atoms with van der Waals surface area (Å²) in [6.45, 7) is 4.06. The molecule has 0 bridgehead atoms.